The fourth-order valence-electron chi connectivity index (χ4n) is 2.23. The zero-order valence-corrected chi connectivity index (χ0v) is 14.0. The Hall–Kier alpha value is -2.34. The van der Waals surface area contributed by atoms with Crippen molar-refractivity contribution in [1.82, 2.24) is 5.32 Å². The van der Waals surface area contributed by atoms with E-state index in [-0.39, 0.29) is 19.0 Å². The average Bonchev–Trinajstić information content (AvgIpc) is 2.51. The molecule has 0 aliphatic rings. The summed E-state index contributed by atoms with van der Waals surface area (Å²) in [5, 5.41) is 2.74. The number of rotatable bonds is 6. The van der Waals surface area contributed by atoms with E-state index >= 15 is 0 Å². The van der Waals surface area contributed by atoms with Crippen LogP contribution in [0.25, 0.3) is 0 Å². The molecule has 0 bridgehead atoms. The van der Waals surface area contributed by atoms with Gasteiger partial charge in [0.25, 0.3) is 5.91 Å². The second-order valence-corrected chi connectivity index (χ2v) is 7.20. The number of benzene rings is 2. The first-order chi connectivity index (χ1) is 10.9. The van der Waals surface area contributed by atoms with Crippen molar-refractivity contribution >= 4 is 21.6 Å². The van der Waals surface area contributed by atoms with Crippen LogP contribution in [0, 0.1) is 6.92 Å². The lowest BCUT2D eigenvalue weighted by atomic mass is 10.2. The van der Waals surface area contributed by atoms with Crippen LogP contribution in [0.15, 0.2) is 54.6 Å². The first-order valence-electron chi connectivity index (χ1n) is 7.25. The minimum atomic E-state index is -3.42. The topological polar surface area (TPSA) is 66.5 Å². The van der Waals surface area contributed by atoms with Crippen molar-refractivity contribution in [2.24, 2.45) is 0 Å². The third-order valence-electron chi connectivity index (χ3n) is 3.33. The number of carbonyl (C=O) groups excluding carboxylic acids is 1. The summed E-state index contributed by atoms with van der Waals surface area (Å²) >= 11 is 0. The molecule has 6 heteroatoms. The minimum absolute atomic E-state index is 0.181. The zero-order chi connectivity index (χ0) is 16.9. The van der Waals surface area contributed by atoms with Gasteiger partial charge in [0.15, 0.2) is 0 Å². The molecule has 0 atom stereocenters. The van der Waals surface area contributed by atoms with Crippen LogP contribution in [0.2, 0.25) is 0 Å². The van der Waals surface area contributed by atoms with E-state index in [1.807, 2.05) is 25.1 Å². The second kappa shape index (κ2) is 7.28. The van der Waals surface area contributed by atoms with Gasteiger partial charge in [-0.3, -0.25) is 9.10 Å². The SMILES string of the molecule is Cc1cccc(N(CCNC(=O)c2ccccc2)S(C)(=O)=O)c1. The molecule has 23 heavy (non-hydrogen) atoms. The fraction of sp³-hybridized carbons (Fsp3) is 0.235. The molecule has 122 valence electrons. The third kappa shape index (κ3) is 4.82. The van der Waals surface area contributed by atoms with Gasteiger partial charge in [0.05, 0.1) is 18.5 Å². The van der Waals surface area contributed by atoms with Crippen LogP contribution < -0.4 is 9.62 Å². The smallest absolute Gasteiger partial charge is 0.251 e. The predicted octanol–water partition coefficient (Wildman–Crippen LogP) is 2.19. The van der Waals surface area contributed by atoms with Crippen molar-refractivity contribution in [3.8, 4) is 0 Å². The maximum atomic E-state index is 12.0. The number of nitrogens with one attached hydrogen (secondary N) is 1. The van der Waals surface area contributed by atoms with Gasteiger partial charge in [-0.05, 0) is 36.8 Å². The Bertz CT molecular complexity index is 773. The Labute approximate surface area is 137 Å². The minimum Gasteiger partial charge on any atom is -0.350 e. The maximum Gasteiger partial charge on any atom is 0.251 e. The molecule has 1 N–H and O–H groups in total. The lowest BCUT2D eigenvalue weighted by molar-refractivity contribution is 0.0955. The van der Waals surface area contributed by atoms with E-state index in [1.165, 1.54) is 4.31 Å². The van der Waals surface area contributed by atoms with Crippen molar-refractivity contribution in [3.63, 3.8) is 0 Å². The quantitative estimate of drug-likeness (QED) is 0.882. The standard InChI is InChI=1S/C17H20N2O3S/c1-14-7-6-10-16(13-14)19(23(2,21)22)12-11-18-17(20)15-8-4-3-5-9-15/h3-10,13H,11-12H2,1-2H3,(H,18,20). The summed E-state index contributed by atoms with van der Waals surface area (Å²) in [5.41, 5.74) is 2.12. The Morgan fingerprint density at radius 1 is 1.09 bits per heavy atom. The first-order valence-corrected chi connectivity index (χ1v) is 9.10. The number of aryl methyl sites for hydroxylation is 1. The molecule has 0 saturated heterocycles. The Kier molecular flexibility index (Phi) is 5.39. The van der Waals surface area contributed by atoms with Gasteiger partial charge in [-0.25, -0.2) is 8.42 Å². The van der Waals surface area contributed by atoms with Crippen molar-refractivity contribution in [3.05, 3.63) is 65.7 Å². The predicted molar refractivity (Wildman–Crippen MR) is 92.1 cm³/mol. The van der Waals surface area contributed by atoms with Crippen molar-refractivity contribution in [2.45, 2.75) is 6.92 Å². The Balaban J connectivity index is 2.04. The number of carbonyl (C=O) groups is 1. The van der Waals surface area contributed by atoms with Crippen LogP contribution in [0.4, 0.5) is 5.69 Å². The van der Waals surface area contributed by atoms with Crippen LogP contribution in [0.5, 0.6) is 0 Å². The summed E-state index contributed by atoms with van der Waals surface area (Å²) in [4.78, 5) is 12.0. The molecule has 0 spiro atoms. The fourth-order valence-corrected chi connectivity index (χ4v) is 3.15. The number of nitrogens with zero attached hydrogens (tertiary/aromatic N) is 1. The van der Waals surface area contributed by atoms with Gasteiger partial charge in [-0.2, -0.15) is 0 Å². The summed E-state index contributed by atoms with van der Waals surface area (Å²) in [6.45, 7) is 2.32. The van der Waals surface area contributed by atoms with E-state index in [4.69, 9.17) is 0 Å². The highest BCUT2D eigenvalue weighted by molar-refractivity contribution is 7.92. The number of hydrogen-bond donors (Lipinski definition) is 1. The summed E-state index contributed by atoms with van der Waals surface area (Å²) < 4.78 is 25.3. The maximum absolute atomic E-state index is 12.0. The highest BCUT2D eigenvalue weighted by Crippen LogP contribution is 2.18. The monoisotopic (exact) mass is 332 g/mol. The molecule has 2 rings (SSSR count). The summed E-state index contributed by atoms with van der Waals surface area (Å²) in [6, 6.07) is 16.1. The molecule has 0 radical (unpaired) electrons. The van der Waals surface area contributed by atoms with E-state index in [0.717, 1.165) is 11.8 Å². The largest absolute Gasteiger partial charge is 0.350 e. The highest BCUT2D eigenvalue weighted by Gasteiger charge is 2.17. The number of amides is 1. The van der Waals surface area contributed by atoms with E-state index < -0.39 is 10.0 Å². The lowest BCUT2D eigenvalue weighted by Crippen LogP contribution is -2.38. The number of sulfonamides is 1. The van der Waals surface area contributed by atoms with Gasteiger partial charge < -0.3 is 5.32 Å². The molecular formula is C17H20N2O3S. The van der Waals surface area contributed by atoms with Crippen LogP contribution in [0.3, 0.4) is 0 Å². The van der Waals surface area contributed by atoms with Crippen LogP contribution >= 0.6 is 0 Å². The summed E-state index contributed by atoms with van der Waals surface area (Å²) in [7, 11) is -3.42. The van der Waals surface area contributed by atoms with Gasteiger partial charge in [-0.1, -0.05) is 30.3 Å². The van der Waals surface area contributed by atoms with E-state index in [2.05, 4.69) is 5.32 Å². The van der Waals surface area contributed by atoms with Crippen LogP contribution in [-0.4, -0.2) is 33.7 Å². The Morgan fingerprint density at radius 3 is 2.39 bits per heavy atom. The second-order valence-electron chi connectivity index (χ2n) is 5.30. The zero-order valence-electron chi connectivity index (χ0n) is 13.2. The molecule has 2 aromatic carbocycles. The average molecular weight is 332 g/mol. The summed E-state index contributed by atoms with van der Waals surface area (Å²) in [5.74, 6) is -0.219. The van der Waals surface area contributed by atoms with Gasteiger partial charge in [0.1, 0.15) is 0 Å². The lowest BCUT2D eigenvalue weighted by Gasteiger charge is -2.23. The van der Waals surface area contributed by atoms with Crippen molar-refractivity contribution in [1.29, 1.82) is 0 Å². The molecule has 0 fully saturated rings. The van der Waals surface area contributed by atoms with Crippen molar-refractivity contribution in [2.75, 3.05) is 23.7 Å². The molecule has 5 nitrogen and oxygen atoms in total. The molecule has 0 heterocycles. The van der Waals surface area contributed by atoms with Gasteiger partial charge in [0.2, 0.25) is 10.0 Å². The van der Waals surface area contributed by atoms with Crippen LogP contribution in [-0.2, 0) is 10.0 Å². The molecular weight excluding hydrogens is 312 g/mol. The van der Waals surface area contributed by atoms with Gasteiger partial charge in [0, 0.05) is 12.1 Å². The normalized spacial score (nSPS) is 11.0. The molecule has 0 aromatic heterocycles. The molecule has 1 amide bonds. The number of hydrogen-bond acceptors (Lipinski definition) is 3. The molecule has 0 unspecified atom stereocenters. The van der Waals surface area contributed by atoms with Crippen molar-refractivity contribution < 1.29 is 13.2 Å². The molecule has 0 saturated carbocycles. The number of anilines is 1. The van der Waals surface area contributed by atoms with E-state index in [1.54, 1.807) is 36.4 Å². The molecule has 2 aromatic rings. The van der Waals surface area contributed by atoms with Gasteiger partial charge >= 0.3 is 0 Å². The highest BCUT2D eigenvalue weighted by atomic mass is 32.2. The van der Waals surface area contributed by atoms with E-state index in [0.29, 0.717) is 11.3 Å². The summed E-state index contributed by atoms with van der Waals surface area (Å²) in [6.07, 6.45) is 1.16. The van der Waals surface area contributed by atoms with Gasteiger partial charge in [-0.15, -0.1) is 0 Å². The first kappa shape index (κ1) is 17.0. The molecule has 0 aliphatic heterocycles. The Morgan fingerprint density at radius 2 is 1.78 bits per heavy atom. The van der Waals surface area contributed by atoms with Crippen LogP contribution in [0.1, 0.15) is 15.9 Å². The van der Waals surface area contributed by atoms with E-state index in [9.17, 15) is 13.2 Å². The third-order valence-corrected chi connectivity index (χ3v) is 4.52. The molecule has 0 aliphatic carbocycles.